The fourth-order valence-electron chi connectivity index (χ4n) is 0.834. The molecule has 1 heterocycles. The van der Waals surface area contributed by atoms with Gasteiger partial charge < -0.3 is 5.01 Å². The Morgan fingerprint density at radius 2 is 2.60 bits per heavy atom. The highest BCUT2D eigenvalue weighted by Crippen LogP contribution is 1.94. The highest BCUT2D eigenvalue weighted by Gasteiger charge is 2.02. The van der Waals surface area contributed by atoms with Gasteiger partial charge in [0, 0.05) is 25.7 Å². The zero-order chi connectivity index (χ0) is 7.40. The molecule has 0 aromatic carbocycles. The van der Waals surface area contributed by atoms with Gasteiger partial charge in [0.25, 0.3) is 0 Å². The van der Waals surface area contributed by atoms with Gasteiger partial charge in [-0.05, 0) is 6.92 Å². The molecular formula is C7H12N2O. The quantitative estimate of drug-likeness (QED) is 0.612. The van der Waals surface area contributed by atoms with E-state index < -0.39 is 0 Å². The number of hydrogen-bond donors (Lipinski definition) is 1. The Morgan fingerprint density at radius 1 is 1.80 bits per heavy atom. The van der Waals surface area contributed by atoms with Gasteiger partial charge in [-0.2, -0.15) is 0 Å². The van der Waals surface area contributed by atoms with Gasteiger partial charge in [-0.25, -0.2) is 5.43 Å². The van der Waals surface area contributed by atoms with Crippen LogP contribution in [-0.4, -0.2) is 23.9 Å². The first-order valence-electron chi connectivity index (χ1n) is 3.45. The maximum Gasteiger partial charge on any atom is 0.131 e. The van der Waals surface area contributed by atoms with Crippen molar-refractivity contribution < 1.29 is 4.79 Å². The first-order chi connectivity index (χ1) is 4.79. The summed E-state index contributed by atoms with van der Waals surface area (Å²) in [5.74, 6) is 0.238. The number of rotatable bonds is 3. The predicted molar refractivity (Wildman–Crippen MR) is 39.1 cm³/mol. The Bertz CT molecular complexity index is 154. The molecule has 0 bridgehead atoms. The molecule has 0 unspecified atom stereocenters. The summed E-state index contributed by atoms with van der Waals surface area (Å²) < 4.78 is 0. The molecule has 3 nitrogen and oxygen atoms in total. The fourth-order valence-corrected chi connectivity index (χ4v) is 0.834. The van der Waals surface area contributed by atoms with Crippen molar-refractivity contribution in [2.45, 2.75) is 13.3 Å². The first-order valence-corrected chi connectivity index (χ1v) is 3.45. The number of nitrogens with one attached hydrogen (secondary N) is 1. The SMILES string of the molecule is CC(=O)CCN1C=CCN1. The lowest BCUT2D eigenvalue weighted by atomic mass is 10.3. The molecule has 0 fully saturated rings. The third kappa shape index (κ3) is 2.19. The van der Waals surface area contributed by atoms with Crippen molar-refractivity contribution in [3.63, 3.8) is 0 Å². The number of ketones is 1. The molecule has 0 aromatic rings. The minimum Gasteiger partial charge on any atom is -0.315 e. The van der Waals surface area contributed by atoms with Crippen LogP contribution < -0.4 is 5.43 Å². The Balaban J connectivity index is 2.13. The van der Waals surface area contributed by atoms with E-state index in [-0.39, 0.29) is 5.78 Å². The van der Waals surface area contributed by atoms with E-state index in [1.165, 1.54) is 0 Å². The molecule has 3 heteroatoms. The Labute approximate surface area is 60.7 Å². The third-order valence-corrected chi connectivity index (χ3v) is 1.40. The molecule has 56 valence electrons. The minimum absolute atomic E-state index is 0.238. The van der Waals surface area contributed by atoms with Gasteiger partial charge in [0.05, 0.1) is 0 Å². The minimum atomic E-state index is 0.238. The fraction of sp³-hybridized carbons (Fsp3) is 0.571. The number of carbonyl (C=O) groups excluding carboxylic acids is 1. The van der Waals surface area contributed by atoms with E-state index >= 15 is 0 Å². The molecule has 1 aliphatic rings. The molecule has 1 aliphatic heterocycles. The number of Topliss-reactive ketones (excluding diaryl/α,β-unsaturated/α-hetero) is 1. The monoisotopic (exact) mass is 140 g/mol. The maximum atomic E-state index is 10.5. The van der Waals surface area contributed by atoms with Gasteiger partial charge in [-0.1, -0.05) is 6.08 Å². The van der Waals surface area contributed by atoms with Crippen molar-refractivity contribution in [1.82, 2.24) is 10.4 Å². The van der Waals surface area contributed by atoms with Crippen LogP contribution in [0.5, 0.6) is 0 Å². The summed E-state index contributed by atoms with van der Waals surface area (Å²) in [6, 6.07) is 0. The molecule has 0 radical (unpaired) electrons. The van der Waals surface area contributed by atoms with E-state index in [1.807, 2.05) is 17.3 Å². The Kier molecular flexibility index (Phi) is 2.45. The van der Waals surface area contributed by atoms with Gasteiger partial charge >= 0.3 is 0 Å². The summed E-state index contributed by atoms with van der Waals surface area (Å²) >= 11 is 0. The molecule has 0 spiro atoms. The normalized spacial score (nSPS) is 16.3. The number of hydrogen-bond acceptors (Lipinski definition) is 3. The van der Waals surface area contributed by atoms with Crippen LogP contribution in [0.2, 0.25) is 0 Å². The van der Waals surface area contributed by atoms with E-state index in [9.17, 15) is 4.79 Å². The second kappa shape index (κ2) is 3.37. The second-order valence-corrected chi connectivity index (χ2v) is 2.39. The molecule has 0 aliphatic carbocycles. The molecule has 1 rings (SSSR count). The summed E-state index contributed by atoms with van der Waals surface area (Å²) in [5.41, 5.74) is 3.08. The van der Waals surface area contributed by atoms with Crippen molar-refractivity contribution in [3.05, 3.63) is 12.3 Å². The summed E-state index contributed by atoms with van der Waals surface area (Å²) in [6.07, 6.45) is 4.61. The van der Waals surface area contributed by atoms with E-state index in [0.29, 0.717) is 6.42 Å². The van der Waals surface area contributed by atoms with Crippen molar-refractivity contribution >= 4 is 5.78 Å². The zero-order valence-corrected chi connectivity index (χ0v) is 6.13. The average molecular weight is 140 g/mol. The lowest BCUT2D eigenvalue weighted by Gasteiger charge is -2.13. The summed E-state index contributed by atoms with van der Waals surface area (Å²) in [5, 5.41) is 1.93. The Morgan fingerprint density at radius 3 is 3.10 bits per heavy atom. The highest BCUT2D eigenvalue weighted by molar-refractivity contribution is 5.75. The van der Waals surface area contributed by atoms with E-state index in [2.05, 4.69) is 5.43 Å². The summed E-state index contributed by atoms with van der Waals surface area (Å²) in [7, 11) is 0. The standard InChI is InChI=1S/C7H12N2O/c1-7(10)3-6-9-5-2-4-8-9/h2,5,8H,3-4,6H2,1H3. The van der Waals surface area contributed by atoms with E-state index in [4.69, 9.17) is 0 Å². The largest absolute Gasteiger partial charge is 0.315 e. The smallest absolute Gasteiger partial charge is 0.131 e. The van der Waals surface area contributed by atoms with Crippen molar-refractivity contribution in [3.8, 4) is 0 Å². The van der Waals surface area contributed by atoms with Gasteiger partial charge in [-0.3, -0.25) is 4.79 Å². The number of nitrogens with zero attached hydrogens (tertiary/aromatic N) is 1. The maximum absolute atomic E-state index is 10.5. The number of carbonyl (C=O) groups is 1. The van der Waals surface area contributed by atoms with Crippen molar-refractivity contribution in [1.29, 1.82) is 0 Å². The topological polar surface area (TPSA) is 32.3 Å². The van der Waals surface area contributed by atoms with Crippen LogP contribution in [0.15, 0.2) is 12.3 Å². The third-order valence-electron chi connectivity index (χ3n) is 1.40. The van der Waals surface area contributed by atoms with E-state index in [0.717, 1.165) is 13.1 Å². The van der Waals surface area contributed by atoms with E-state index in [1.54, 1.807) is 6.92 Å². The lowest BCUT2D eigenvalue weighted by molar-refractivity contribution is -0.117. The molecule has 0 aromatic heterocycles. The molecule has 0 atom stereocenters. The summed E-state index contributed by atoms with van der Waals surface area (Å²) in [6.45, 7) is 3.28. The highest BCUT2D eigenvalue weighted by atomic mass is 16.1. The second-order valence-electron chi connectivity index (χ2n) is 2.39. The molecule has 10 heavy (non-hydrogen) atoms. The van der Waals surface area contributed by atoms with Gasteiger partial charge in [0.15, 0.2) is 0 Å². The lowest BCUT2D eigenvalue weighted by Crippen LogP contribution is -2.30. The van der Waals surface area contributed by atoms with Crippen LogP contribution >= 0.6 is 0 Å². The molecular weight excluding hydrogens is 128 g/mol. The molecule has 0 saturated heterocycles. The van der Waals surface area contributed by atoms with Crippen LogP contribution in [0.25, 0.3) is 0 Å². The van der Waals surface area contributed by atoms with Crippen molar-refractivity contribution in [2.75, 3.05) is 13.1 Å². The van der Waals surface area contributed by atoms with Gasteiger partial charge in [-0.15, -0.1) is 0 Å². The molecule has 0 saturated carbocycles. The molecule has 0 amide bonds. The number of hydrazine groups is 1. The van der Waals surface area contributed by atoms with Crippen LogP contribution in [0.4, 0.5) is 0 Å². The summed E-state index contributed by atoms with van der Waals surface area (Å²) in [4.78, 5) is 10.5. The van der Waals surface area contributed by atoms with Crippen LogP contribution in [0.3, 0.4) is 0 Å². The van der Waals surface area contributed by atoms with Crippen molar-refractivity contribution in [2.24, 2.45) is 0 Å². The first kappa shape index (κ1) is 7.28. The predicted octanol–water partition coefficient (Wildman–Crippen LogP) is 0.299. The van der Waals surface area contributed by atoms with Gasteiger partial charge in [0.1, 0.15) is 5.78 Å². The zero-order valence-electron chi connectivity index (χ0n) is 6.13. The Hall–Kier alpha value is -0.830. The average Bonchev–Trinajstić information content (AvgIpc) is 2.34. The van der Waals surface area contributed by atoms with Crippen LogP contribution in [0, 0.1) is 0 Å². The van der Waals surface area contributed by atoms with Gasteiger partial charge in [0.2, 0.25) is 0 Å². The molecule has 1 N–H and O–H groups in total. The van der Waals surface area contributed by atoms with Crippen LogP contribution in [-0.2, 0) is 4.79 Å². The van der Waals surface area contributed by atoms with Crippen LogP contribution in [0.1, 0.15) is 13.3 Å².